The molecule has 0 radical (unpaired) electrons. The maximum Gasteiger partial charge on any atom is 0.120 e. The fourth-order valence-corrected chi connectivity index (χ4v) is 3.02. The molecule has 0 aliphatic carbocycles. The third-order valence-corrected chi connectivity index (χ3v) is 3.80. The topological polar surface area (TPSA) is 26.2 Å². The molecule has 2 heterocycles. The highest BCUT2D eigenvalue weighted by molar-refractivity contribution is 5.87. The fraction of sp³-hybridized carbons (Fsp3) is 0.467. The van der Waals surface area contributed by atoms with Crippen LogP contribution in [0.2, 0.25) is 0 Å². The molecule has 0 bridgehead atoms. The quantitative estimate of drug-likeness (QED) is 0.879. The second-order valence-corrected chi connectivity index (χ2v) is 5.23. The first-order valence-corrected chi connectivity index (χ1v) is 6.62. The molecule has 0 atom stereocenters. The van der Waals surface area contributed by atoms with Crippen molar-refractivity contribution in [1.29, 1.82) is 0 Å². The van der Waals surface area contributed by atoms with Crippen molar-refractivity contribution in [2.24, 2.45) is 0 Å². The monoisotopic (exact) mass is 244 g/mol. The lowest BCUT2D eigenvalue weighted by Crippen LogP contribution is -2.28. The van der Waals surface area contributed by atoms with Crippen molar-refractivity contribution in [1.82, 2.24) is 9.88 Å². The van der Waals surface area contributed by atoms with E-state index in [1.54, 1.807) is 7.11 Å². The highest BCUT2D eigenvalue weighted by Crippen LogP contribution is 2.34. The zero-order chi connectivity index (χ0) is 12.7. The Morgan fingerprint density at radius 3 is 2.89 bits per heavy atom. The molecular weight excluding hydrogens is 224 g/mol. The average molecular weight is 244 g/mol. The van der Waals surface area contributed by atoms with Crippen LogP contribution >= 0.6 is 0 Å². The third kappa shape index (κ3) is 1.62. The van der Waals surface area contributed by atoms with E-state index in [2.05, 4.69) is 41.9 Å². The van der Waals surface area contributed by atoms with Crippen LogP contribution in [0.5, 0.6) is 5.75 Å². The van der Waals surface area contributed by atoms with Gasteiger partial charge in [-0.05, 0) is 23.6 Å². The van der Waals surface area contributed by atoms with Crippen LogP contribution in [0.3, 0.4) is 0 Å². The van der Waals surface area contributed by atoms with Gasteiger partial charge in [0.05, 0.1) is 12.6 Å². The molecule has 1 aliphatic rings. The number of hydrogen-bond donors (Lipinski definition) is 1. The lowest BCUT2D eigenvalue weighted by molar-refractivity contribution is 0.415. The van der Waals surface area contributed by atoms with Gasteiger partial charge in [0.25, 0.3) is 0 Å². The Hall–Kier alpha value is -1.48. The highest BCUT2D eigenvalue weighted by Gasteiger charge is 2.21. The van der Waals surface area contributed by atoms with E-state index in [4.69, 9.17) is 4.74 Å². The summed E-state index contributed by atoms with van der Waals surface area (Å²) in [5.74, 6) is 1.49. The van der Waals surface area contributed by atoms with Gasteiger partial charge in [-0.3, -0.25) is 0 Å². The Morgan fingerprint density at radius 1 is 1.33 bits per heavy atom. The minimum Gasteiger partial charge on any atom is -0.497 e. The van der Waals surface area contributed by atoms with E-state index in [9.17, 15) is 0 Å². The lowest BCUT2D eigenvalue weighted by atomic mass is 9.99. The fourth-order valence-electron chi connectivity index (χ4n) is 3.02. The van der Waals surface area contributed by atoms with Crippen molar-refractivity contribution >= 4 is 10.9 Å². The van der Waals surface area contributed by atoms with Gasteiger partial charge in [0.2, 0.25) is 0 Å². The normalized spacial score (nSPS) is 15.1. The van der Waals surface area contributed by atoms with Crippen LogP contribution < -0.4 is 10.1 Å². The van der Waals surface area contributed by atoms with Crippen LogP contribution in [0.1, 0.15) is 31.0 Å². The number of nitrogens with zero attached hydrogens (tertiary/aromatic N) is 1. The summed E-state index contributed by atoms with van der Waals surface area (Å²) < 4.78 is 7.80. The van der Waals surface area contributed by atoms with E-state index in [-0.39, 0.29) is 0 Å². The molecule has 3 rings (SSSR count). The van der Waals surface area contributed by atoms with Crippen LogP contribution in [0, 0.1) is 0 Å². The summed E-state index contributed by atoms with van der Waals surface area (Å²) in [6, 6.07) is 6.43. The smallest absolute Gasteiger partial charge is 0.120 e. The summed E-state index contributed by atoms with van der Waals surface area (Å²) in [5.41, 5.74) is 4.24. The average Bonchev–Trinajstić information content (AvgIpc) is 2.72. The molecule has 1 aromatic carbocycles. The number of benzene rings is 1. The minimum absolute atomic E-state index is 0.553. The van der Waals surface area contributed by atoms with E-state index in [1.807, 2.05) is 0 Å². The standard InChI is InChI=1S/C15H20N2O/c1-10(2)15-12-5-4-11(18-3)8-13(12)17-7-6-16-9-14(15)17/h4-5,8,10,16H,6-7,9H2,1-3H3. The van der Waals surface area contributed by atoms with Gasteiger partial charge in [0.1, 0.15) is 5.75 Å². The maximum atomic E-state index is 5.35. The van der Waals surface area contributed by atoms with Gasteiger partial charge >= 0.3 is 0 Å². The predicted molar refractivity (Wildman–Crippen MR) is 74.3 cm³/mol. The molecule has 1 aliphatic heterocycles. The van der Waals surface area contributed by atoms with E-state index in [0.717, 1.165) is 25.4 Å². The second kappa shape index (κ2) is 4.32. The number of aromatic nitrogens is 1. The number of hydrogen-bond acceptors (Lipinski definition) is 2. The van der Waals surface area contributed by atoms with Crippen molar-refractivity contribution in [2.75, 3.05) is 13.7 Å². The molecule has 1 aromatic heterocycles. The Bertz CT molecular complexity index is 584. The summed E-state index contributed by atoms with van der Waals surface area (Å²) >= 11 is 0. The van der Waals surface area contributed by atoms with Crippen LogP contribution in [0.4, 0.5) is 0 Å². The Labute approximate surface area is 108 Å². The first-order valence-electron chi connectivity index (χ1n) is 6.62. The molecule has 1 N–H and O–H groups in total. The zero-order valence-electron chi connectivity index (χ0n) is 11.3. The number of ether oxygens (including phenoxy) is 1. The third-order valence-electron chi connectivity index (χ3n) is 3.80. The van der Waals surface area contributed by atoms with E-state index >= 15 is 0 Å². The maximum absolute atomic E-state index is 5.35. The molecule has 3 heteroatoms. The number of rotatable bonds is 2. The summed E-state index contributed by atoms with van der Waals surface area (Å²) in [6.45, 7) is 7.62. The summed E-state index contributed by atoms with van der Waals surface area (Å²) in [6.07, 6.45) is 0. The van der Waals surface area contributed by atoms with E-state index < -0.39 is 0 Å². The van der Waals surface area contributed by atoms with Crippen molar-refractivity contribution in [3.05, 3.63) is 29.5 Å². The van der Waals surface area contributed by atoms with Gasteiger partial charge in [-0.2, -0.15) is 0 Å². The van der Waals surface area contributed by atoms with Gasteiger partial charge in [0, 0.05) is 36.8 Å². The van der Waals surface area contributed by atoms with Crippen LogP contribution in [-0.2, 0) is 13.1 Å². The van der Waals surface area contributed by atoms with Gasteiger partial charge in [0.15, 0.2) is 0 Å². The molecule has 0 amide bonds. The lowest BCUT2D eigenvalue weighted by Gasteiger charge is -2.19. The molecule has 0 saturated heterocycles. The first-order chi connectivity index (χ1) is 8.72. The Kier molecular flexibility index (Phi) is 2.78. The van der Waals surface area contributed by atoms with Crippen LogP contribution in [0.25, 0.3) is 10.9 Å². The van der Waals surface area contributed by atoms with E-state index in [1.165, 1.54) is 22.2 Å². The van der Waals surface area contributed by atoms with Gasteiger partial charge < -0.3 is 14.6 Å². The second-order valence-electron chi connectivity index (χ2n) is 5.23. The van der Waals surface area contributed by atoms with Crippen LogP contribution in [-0.4, -0.2) is 18.2 Å². The van der Waals surface area contributed by atoms with Gasteiger partial charge in [-0.25, -0.2) is 0 Å². The van der Waals surface area contributed by atoms with Gasteiger partial charge in [-0.15, -0.1) is 0 Å². The van der Waals surface area contributed by atoms with Crippen molar-refractivity contribution in [3.8, 4) is 5.75 Å². The number of nitrogens with one attached hydrogen (secondary N) is 1. The van der Waals surface area contributed by atoms with Crippen molar-refractivity contribution in [3.63, 3.8) is 0 Å². The van der Waals surface area contributed by atoms with Gasteiger partial charge in [-0.1, -0.05) is 13.8 Å². The molecule has 0 fully saturated rings. The molecule has 0 unspecified atom stereocenters. The number of fused-ring (bicyclic) bond motifs is 3. The summed E-state index contributed by atoms with van der Waals surface area (Å²) in [5, 5.41) is 4.85. The molecule has 0 saturated carbocycles. The Balaban J connectivity index is 2.32. The highest BCUT2D eigenvalue weighted by atomic mass is 16.5. The largest absolute Gasteiger partial charge is 0.497 e. The van der Waals surface area contributed by atoms with Crippen molar-refractivity contribution in [2.45, 2.75) is 32.9 Å². The molecule has 2 aromatic rings. The molecule has 0 spiro atoms. The summed E-state index contributed by atoms with van der Waals surface area (Å²) in [7, 11) is 1.73. The van der Waals surface area contributed by atoms with Crippen molar-refractivity contribution < 1.29 is 4.74 Å². The SMILES string of the molecule is COc1ccc2c(C(C)C)c3n(c2c1)CCNC3. The first kappa shape index (κ1) is 11.6. The van der Waals surface area contributed by atoms with Crippen LogP contribution in [0.15, 0.2) is 18.2 Å². The number of methoxy groups -OCH3 is 1. The van der Waals surface area contributed by atoms with E-state index in [0.29, 0.717) is 5.92 Å². The molecular formula is C15H20N2O. The molecule has 3 nitrogen and oxygen atoms in total. The minimum atomic E-state index is 0.553. The molecule has 18 heavy (non-hydrogen) atoms. The summed E-state index contributed by atoms with van der Waals surface area (Å²) in [4.78, 5) is 0. The Morgan fingerprint density at radius 2 is 2.17 bits per heavy atom. The zero-order valence-corrected chi connectivity index (χ0v) is 11.3. The molecule has 96 valence electrons. The predicted octanol–water partition coefficient (Wildman–Crippen LogP) is 2.88.